The van der Waals surface area contributed by atoms with Crippen LogP contribution in [0.1, 0.15) is 11.1 Å². The molecular formula is C25H18ClI2NO4S. The predicted molar refractivity (Wildman–Crippen MR) is 152 cm³/mol. The second-order valence-electron chi connectivity index (χ2n) is 7.19. The first kappa shape index (κ1) is 25.3. The number of ether oxygens (including phenoxy) is 2. The molecule has 5 nitrogen and oxygen atoms in total. The summed E-state index contributed by atoms with van der Waals surface area (Å²) in [7, 11) is 0. The number of imide groups is 1. The van der Waals surface area contributed by atoms with Crippen LogP contribution in [-0.4, -0.2) is 29.2 Å². The molecule has 1 aliphatic heterocycles. The summed E-state index contributed by atoms with van der Waals surface area (Å²) in [6.07, 6.45) is 1.73. The fraction of sp³-hybridized carbons (Fsp3) is 0.120. The van der Waals surface area contributed by atoms with E-state index in [-0.39, 0.29) is 24.3 Å². The van der Waals surface area contributed by atoms with Crippen molar-refractivity contribution in [1.29, 1.82) is 0 Å². The standard InChI is InChI=1S/C25H18ClI2NO4S/c26-19-8-4-5-9-21(19)32-11-10-29-24(30)22(34-25(29)31)13-17-12-18(27)14-20(28)23(17)33-15-16-6-2-1-3-7-16/h1-9,12-14H,10-11,15H2/b22-13-. The van der Waals surface area contributed by atoms with Crippen molar-refractivity contribution < 1.29 is 19.1 Å². The van der Waals surface area contributed by atoms with Crippen molar-refractivity contribution in [3.8, 4) is 11.5 Å². The van der Waals surface area contributed by atoms with Crippen molar-refractivity contribution in [1.82, 2.24) is 4.90 Å². The Bertz CT molecular complexity index is 1250. The summed E-state index contributed by atoms with van der Waals surface area (Å²) in [5.74, 6) is 0.847. The maximum absolute atomic E-state index is 13.0. The van der Waals surface area contributed by atoms with Gasteiger partial charge in [-0.1, -0.05) is 54.1 Å². The van der Waals surface area contributed by atoms with Crippen LogP contribution in [0.25, 0.3) is 6.08 Å². The minimum Gasteiger partial charge on any atom is -0.490 e. The number of carbonyl (C=O) groups is 2. The van der Waals surface area contributed by atoms with Crippen LogP contribution >= 0.6 is 68.5 Å². The first-order valence-electron chi connectivity index (χ1n) is 10.2. The quantitative estimate of drug-likeness (QED) is 0.182. The second-order valence-corrected chi connectivity index (χ2v) is 11.0. The van der Waals surface area contributed by atoms with E-state index in [1.54, 1.807) is 24.3 Å². The zero-order chi connectivity index (χ0) is 24.1. The molecule has 0 aromatic heterocycles. The fourth-order valence-electron chi connectivity index (χ4n) is 3.21. The van der Waals surface area contributed by atoms with E-state index in [2.05, 4.69) is 45.2 Å². The minimum atomic E-state index is -0.347. The van der Waals surface area contributed by atoms with Crippen LogP contribution in [0.3, 0.4) is 0 Å². The molecule has 0 bridgehead atoms. The predicted octanol–water partition coefficient (Wildman–Crippen LogP) is 7.24. The molecule has 1 fully saturated rings. The van der Waals surface area contributed by atoms with Crippen LogP contribution in [0.2, 0.25) is 5.02 Å². The number of rotatable bonds is 8. The maximum atomic E-state index is 13.0. The van der Waals surface area contributed by atoms with Gasteiger partial charge in [0.1, 0.15) is 24.7 Å². The molecule has 1 saturated heterocycles. The SMILES string of the molecule is O=C1S/C(=C\c2cc(I)cc(I)c2OCc2ccccc2)C(=O)N1CCOc1ccccc1Cl. The van der Waals surface area contributed by atoms with E-state index in [1.165, 1.54) is 4.90 Å². The van der Waals surface area contributed by atoms with E-state index in [9.17, 15) is 9.59 Å². The Morgan fingerprint density at radius 2 is 1.71 bits per heavy atom. The van der Waals surface area contributed by atoms with E-state index in [4.69, 9.17) is 21.1 Å². The highest BCUT2D eigenvalue weighted by Crippen LogP contribution is 2.36. The molecule has 0 N–H and O–H groups in total. The maximum Gasteiger partial charge on any atom is 0.293 e. The Morgan fingerprint density at radius 3 is 2.47 bits per heavy atom. The van der Waals surface area contributed by atoms with E-state index >= 15 is 0 Å². The molecule has 9 heteroatoms. The summed E-state index contributed by atoms with van der Waals surface area (Å²) in [5, 5.41) is 0.152. The highest BCUT2D eigenvalue weighted by Gasteiger charge is 2.35. The van der Waals surface area contributed by atoms with Gasteiger partial charge in [0.2, 0.25) is 0 Å². The van der Waals surface area contributed by atoms with Gasteiger partial charge in [-0.2, -0.15) is 0 Å². The lowest BCUT2D eigenvalue weighted by Gasteiger charge is -2.14. The van der Waals surface area contributed by atoms with Gasteiger partial charge < -0.3 is 9.47 Å². The largest absolute Gasteiger partial charge is 0.490 e. The highest BCUT2D eigenvalue weighted by atomic mass is 127. The number of benzene rings is 3. The number of thioether (sulfide) groups is 1. The summed E-state index contributed by atoms with van der Waals surface area (Å²) in [4.78, 5) is 27.1. The van der Waals surface area contributed by atoms with Crippen molar-refractivity contribution in [2.24, 2.45) is 0 Å². The molecule has 3 aromatic carbocycles. The van der Waals surface area contributed by atoms with Crippen LogP contribution in [0, 0.1) is 7.14 Å². The lowest BCUT2D eigenvalue weighted by Crippen LogP contribution is -2.32. The van der Waals surface area contributed by atoms with E-state index in [1.807, 2.05) is 48.5 Å². The van der Waals surface area contributed by atoms with Gasteiger partial charge in [-0.15, -0.1) is 0 Å². The van der Waals surface area contributed by atoms with Crippen molar-refractivity contribution in [2.45, 2.75) is 6.61 Å². The molecule has 4 rings (SSSR count). The first-order chi connectivity index (χ1) is 16.4. The first-order valence-corrected chi connectivity index (χ1v) is 13.6. The smallest absolute Gasteiger partial charge is 0.293 e. The minimum absolute atomic E-state index is 0.133. The summed E-state index contributed by atoms with van der Waals surface area (Å²) in [6, 6.07) is 20.9. The molecule has 0 atom stereocenters. The monoisotopic (exact) mass is 717 g/mol. The van der Waals surface area contributed by atoms with E-state index in [0.717, 1.165) is 30.0 Å². The average molecular weight is 718 g/mol. The van der Waals surface area contributed by atoms with Gasteiger partial charge in [-0.3, -0.25) is 14.5 Å². The van der Waals surface area contributed by atoms with Crippen LogP contribution in [0.4, 0.5) is 4.79 Å². The Hall–Kier alpha value is -1.76. The van der Waals surface area contributed by atoms with E-state index < -0.39 is 0 Å². The van der Waals surface area contributed by atoms with Crippen LogP contribution in [0.5, 0.6) is 11.5 Å². The molecule has 34 heavy (non-hydrogen) atoms. The molecule has 0 radical (unpaired) electrons. The van der Waals surface area contributed by atoms with Crippen LogP contribution < -0.4 is 9.47 Å². The van der Waals surface area contributed by atoms with Gasteiger partial charge in [0.25, 0.3) is 11.1 Å². The van der Waals surface area contributed by atoms with Crippen molar-refractivity contribution >= 4 is 85.8 Å². The molecule has 2 amide bonds. The molecule has 0 aliphatic carbocycles. The summed E-state index contributed by atoms with van der Waals surface area (Å²) in [5.41, 5.74) is 1.80. The zero-order valence-electron chi connectivity index (χ0n) is 17.7. The molecule has 3 aromatic rings. The third kappa shape index (κ3) is 6.27. The third-order valence-electron chi connectivity index (χ3n) is 4.83. The second kappa shape index (κ2) is 11.8. The normalized spacial score (nSPS) is 14.7. The molecule has 0 spiro atoms. The number of para-hydroxylation sites is 1. The average Bonchev–Trinajstić information content (AvgIpc) is 3.07. The topological polar surface area (TPSA) is 55.8 Å². The number of nitrogens with zero attached hydrogens (tertiary/aromatic N) is 1. The van der Waals surface area contributed by atoms with Gasteiger partial charge in [0, 0.05) is 9.13 Å². The number of hydrogen-bond acceptors (Lipinski definition) is 5. The van der Waals surface area contributed by atoms with Crippen molar-refractivity contribution in [3.05, 3.63) is 94.9 Å². The molecular weight excluding hydrogens is 700 g/mol. The van der Waals surface area contributed by atoms with Crippen LogP contribution in [-0.2, 0) is 11.4 Å². The number of halogens is 3. The molecule has 0 unspecified atom stereocenters. The summed E-state index contributed by atoms with van der Waals surface area (Å²) in [6.45, 7) is 0.690. The Morgan fingerprint density at radius 1 is 0.971 bits per heavy atom. The Kier molecular flexibility index (Phi) is 8.78. The van der Waals surface area contributed by atoms with Crippen LogP contribution in [0.15, 0.2) is 71.6 Å². The highest BCUT2D eigenvalue weighted by molar-refractivity contribution is 14.1. The number of hydrogen-bond donors (Lipinski definition) is 0. The van der Waals surface area contributed by atoms with Crippen molar-refractivity contribution in [2.75, 3.05) is 13.2 Å². The molecule has 174 valence electrons. The Labute approximate surface area is 234 Å². The van der Waals surface area contributed by atoms with Gasteiger partial charge >= 0.3 is 0 Å². The lowest BCUT2D eigenvalue weighted by atomic mass is 10.1. The lowest BCUT2D eigenvalue weighted by molar-refractivity contribution is -0.123. The molecule has 0 saturated carbocycles. The molecule has 1 aliphatic rings. The summed E-state index contributed by atoms with van der Waals surface area (Å²) >= 11 is 11.5. The van der Waals surface area contributed by atoms with E-state index in [0.29, 0.717) is 28.0 Å². The number of carbonyl (C=O) groups excluding carboxylic acids is 2. The summed E-state index contributed by atoms with van der Waals surface area (Å²) < 4.78 is 13.7. The third-order valence-corrected chi connectivity index (χ3v) is 7.48. The molecule has 1 heterocycles. The van der Waals surface area contributed by atoms with Gasteiger partial charge in [-0.05, 0) is 92.8 Å². The van der Waals surface area contributed by atoms with Crippen molar-refractivity contribution in [3.63, 3.8) is 0 Å². The number of amides is 2. The van der Waals surface area contributed by atoms with Gasteiger partial charge in [0.15, 0.2) is 0 Å². The zero-order valence-corrected chi connectivity index (χ0v) is 23.6. The van der Waals surface area contributed by atoms with Gasteiger partial charge in [-0.25, -0.2) is 0 Å². The fourth-order valence-corrected chi connectivity index (χ4v) is 6.30. The van der Waals surface area contributed by atoms with Gasteiger partial charge in [0.05, 0.1) is 20.0 Å². The Balaban J connectivity index is 1.49.